The molecule has 2 aromatic carbocycles. The van der Waals surface area contributed by atoms with Gasteiger partial charge >= 0.3 is 0 Å². The van der Waals surface area contributed by atoms with E-state index in [0.29, 0.717) is 41.9 Å². The van der Waals surface area contributed by atoms with Gasteiger partial charge in [-0.3, -0.25) is 4.79 Å². The van der Waals surface area contributed by atoms with Crippen LogP contribution in [0.25, 0.3) is 11.0 Å². The molecule has 160 valence electrons. The van der Waals surface area contributed by atoms with Crippen LogP contribution in [0.5, 0.6) is 0 Å². The van der Waals surface area contributed by atoms with Crippen molar-refractivity contribution in [2.24, 2.45) is 5.92 Å². The summed E-state index contributed by atoms with van der Waals surface area (Å²) >= 11 is 0. The lowest BCUT2D eigenvalue weighted by Crippen LogP contribution is -2.34. The molecular formula is C23H26F3N3O. The molecule has 0 fully saturated rings. The average molecular weight is 417 g/mol. The van der Waals surface area contributed by atoms with E-state index >= 15 is 0 Å². The van der Waals surface area contributed by atoms with E-state index in [4.69, 9.17) is 0 Å². The Kier molecular flexibility index (Phi) is 6.80. The minimum absolute atomic E-state index is 0.151. The van der Waals surface area contributed by atoms with E-state index in [0.717, 1.165) is 18.9 Å². The molecule has 1 amide bonds. The third kappa shape index (κ3) is 4.83. The SMILES string of the molecule is CCCn1c(CN(CCC(C)C)C(=O)c2ccc(F)cc2F)nc2ccc(F)cc21. The van der Waals surface area contributed by atoms with Crippen LogP contribution in [0, 0.1) is 23.4 Å². The Labute approximate surface area is 174 Å². The molecule has 3 aromatic rings. The van der Waals surface area contributed by atoms with E-state index in [1.54, 1.807) is 6.07 Å². The van der Waals surface area contributed by atoms with Crippen LogP contribution < -0.4 is 0 Å². The zero-order valence-electron chi connectivity index (χ0n) is 17.5. The Morgan fingerprint density at radius 3 is 2.47 bits per heavy atom. The monoisotopic (exact) mass is 417 g/mol. The molecule has 30 heavy (non-hydrogen) atoms. The smallest absolute Gasteiger partial charge is 0.257 e. The molecule has 0 aliphatic heterocycles. The van der Waals surface area contributed by atoms with Gasteiger partial charge in [-0.25, -0.2) is 18.2 Å². The van der Waals surface area contributed by atoms with Crippen LogP contribution in [-0.4, -0.2) is 26.9 Å². The zero-order valence-corrected chi connectivity index (χ0v) is 17.5. The van der Waals surface area contributed by atoms with Gasteiger partial charge in [0.1, 0.15) is 23.3 Å². The molecule has 0 unspecified atom stereocenters. The molecule has 0 aliphatic carbocycles. The maximum atomic E-state index is 14.3. The van der Waals surface area contributed by atoms with Crippen LogP contribution >= 0.6 is 0 Å². The zero-order chi connectivity index (χ0) is 21.8. The number of halogens is 3. The second kappa shape index (κ2) is 9.32. The van der Waals surface area contributed by atoms with Crippen molar-refractivity contribution in [2.45, 2.75) is 46.7 Å². The van der Waals surface area contributed by atoms with Gasteiger partial charge in [-0.05, 0) is 49.1 Å². The maximum absolute atomic E-state index is 14.3. The highest BCUT2D eigenvalue weighted by Crippen LogP contribution is 2.21. The highest BCUT2D eigenvalue weighted by atomic mass is 19.1. The Hall–Kier alpha value is -2.83. The van der Waals surface area contributed by atoms with Crippen LogP contribution in [0.1, 0.15) is 49.8 Å². The Morgan fingerprint density at radius 2 is 1.80 bits per heavy atom. The van der Waals surface area contributed by atoms with Crippen molar-refractivity contribution in [3.63, 3.8) is 0 Å². The van der Waals surface area contributed by atoms with E-state index < -0.39 is 17.5 Å². The Balaban J connectivity index is 1.98. The van der Waals surface area contributed by atoms with Gasteiger partial charge in [0.05, 0.1) is 23.1 Å². The molecule has 1 aromatic heterocycles. The number of rotatable bonds is 8. The number of benzene rings is 2. The first kappa shape index (κ1) is 21.9. The van der Waals surface area contributed by atoms with Gasteiger partial charge < -0.3 is 9.47 Å². The fraction of sp³-hybridized carbons (Fsp3) is 0.391. The quantitative estimate of drug-likeness (QED) is 0.482. The topological polar surface area (TPSA) is 38.1 Å². The normalized spacial score (nSPS) is 11.4. The molecule has 0 saturated carbocycles. The van der Waals surface area contributed by atoms with Crippen LogP contribution in [0.3, 0.4) is 0 Å². The fourth-order valence-electron chi connectivity index (χ4n) is 3.41. The summed E-state index contributed by atoms with van der Waals surface area (Å²) in [5.74, 6) is -1.55. The van der Waals surface area contributed by atoms with E-state index in [-0.39, 0.29) is 17.9 Å². The standard InChI is InChI=1S/C23H26F3N3O/c1-4-10-29-21-13-17(25)6-8-20(21)27-22(29)14-28(11-9-15(2)3)23(30)18-7-5-16(24)12-19(18)26/h5-8,12-13,15H,4,9-11,14H2,1-3H3. The summed E-state index contributed by atoms with van der Waals surface area (Å²) in [7, 11) is 0. The number of hydrogen-bond donors (Lipinski definition) is 0. The number of hydrogen-bond acceptors (Lipinski definition) is 2. The number of amides is 1. The second-order valence-electron chi connectivity index (χ2n) is 7.85. The highest BCUT2D eigenvalue weighted by Gasteiger charge is 2.23. The molecule has 3 rings (SSSR count). The van der Waals surface area contributed by atoms with E-state index in [1.165, 1.54) is 23.1 Å². The van der Waals surface area contributed by atoms with Gasteiger partial charge in [0.25, 0.3) is 5.91 Å². The molecular weight excluding hydrogens is 391 g/mol. The summed E-state index contributed by atoms with van der Waals surface area (Å²) in [6.45, 7) is 7.25. The molecule has 7 heteroatoms. The minimum Gasteiger partial charge on any atom is -0.331 e. The molecule has 1 heterocycles. The average Bonchev–Trinajstić information content (AvgIpc) is 3.01. The Morgan fingerprint density at radius 1 is 1.10 bits per heavy atom. The van der Waals surface area contributed by atoms with Gasteiger partial charge in [0.15, 0.2) is 0 Å². The number of carbonyl (C=O) groups is 1. The first-order chi connectivity index (χ1) is 14.3. The summed E-state index contributed by atoms with van der Waals surface area (Å²) in [6, 6.07) is 7.35. The number of nitrogens with zero attached hydrogens (tertiary/aromatic N) is 3. The van der Waals surface area contributed by atoms with Crippen molar-refractivity contribution < 1.29 is 18.0 Å². The minimum atomic E-state index is -0.890. The van der Waals surface area contributed by atoms with Crippen LogP contribution in [0.15, 0.2) is 36.4 Å². The molecule has 0 N–H and O–H groups in total. The van der Waals surface area contributed by atoms with E-state index in [2.05, 4.69) is 4.98 Å². The molecule has 0 bridgehead atoms. The highest BCUT2D eigenvalue weighted by molar-refractivity contribution is 5.94. The van der Waals surface area contributed by atoms with Crippen molar-refractivity contribution in [3.8, 4) is 0 Å². The van der Waals surface area contributed by atoms with Gasteiger partial charge in [0.2, 0.25) is 0 Å². The van der Waals surface area contributed by atoms with E-state index in [1.807, 2.05) is 25.3 Å². The summed E-state index contributed by atoms with van der Waals surface area (Å²) in [6.07, 6.45) is 1.53. The predicted molar refractivity (Wildman–Crippen MR) is 111 cm³/mol. The summed E-state index contributed by atoms with van der Waals surface area (Å²) < 4.78 is 43.2. The number of carbonyl (C=O) groups excluding carboxylic acids is 1. The first-order valence-electron chi connectivity index (χ1n) is 10.2. The van der Waals surface area contributed by atoms with Crippen molar-refractivity contribution >= 4 is 16.9 Å². The molecule has 0 aliphatic rings. The predicted octanol–water partition coefficient (Wildman–Crippen LogP) is 5.55. The maximum Gasteiger partial charge on any atom is 0.257 e. The number of imidazole rings is 1. The number of fused-ring (bicyclic) bond motifs is 1. The third-order valence-corrected chi connectivity index (χ3v) is 4.99. The fourth-order valence-corrected chi connectivity index (χ4v) is 3.41. The second-order valence-corrected chi connectivity index (χ2v) is 7.85. The number of aryl methyl sites for hydroxylation is 1. The lowest BCUT2D eigenvalue weighted by molar-refractivity contribution is 0.0724. The van der Waals surface area contributed by atoms with E-state index in [9.17, 15) is 18.0 Å². The van der Waals surface area contributed by atoms with Gasteiger partial charge in [-0.15, -0.1) is 0 Å². The lowest BCUT2D eigenvalue weighted by Gasteiger charge is -2.24. The van der Waals surface area contributed by atoms with Crippen molar-refractivity contribution in [1.82, 2.24) is 14.5 Å². The van der Waals surface area contributed by atoms with Crippen LogP contribution in [0.4, 0.5) is 13.2 Å². The van der Waals surface area contributed by atoms with Crippen molar-refractivity contribution in [1.29, 1.82) is 0 Å². The van der Waals surface area contributed by atoms with Crippen molar-refractivity contribution in [3.05, 3.63) is 65.2 Å². The van der Waals surface area contributed by atoms with Gasteiger partial charge in [-0.1, -0.05) is 20.8 Å². The van der Waals surface area contributed by atoms with Crippen LogP contribution in [-0.2, 0) is 13.1 Å². The van der Waals surface area contributed by atoms with Crippen LogP contribution in [0.2, 0.25) is 0 Å². The van der Waals surface area contributed by atoms with Gasteiger partial charge in [0, 0.05) is 19.2 Å². The molecule has 0 radical (unpaired) electrons. The largest absolute Gasteiger partial charge is 0.331 e. The first-order valence-corrected chi connectivity index (χ1v) is 10.2. The summed E-state index contributed by atoms with van der Waals surface area (Å²) in [5, 5.41) is 0. The van der Waals surface area contributed by atoms with Crippen molar-refractivity contribution in [2.75, 3.05) is 6.54 Å². The lowest BCUT2D eigenvalue weighted by atomic mass is 10.1. The summed E-state index contributed by atoms with van der Waals surface area (Å²) in [5.41, 5.74) is 1.13. The Bertz CT molecular complexity index is 1050. The molecule has 0 atom stereocenters. The molecule has 0 saturated heterocycles. The number of aromatic nitrogens is 2. The van der Waals surface area contributed by atoms with Gasteiger partial charge in [-0.2, -0.15) is 0 Å². The molecule has 0 spiro atoms. The molecule has 4 nitrogen and oxygen atoms in total. The summed E-state index contributed by atoms with van der Waals surface area (Å²) in [4.78, 5) is 19.2. The third-order valence-electron chi connectivity index (χ3n) is 4.99.